The number of nitrogens with zero attached hydrogens (tertiary/aromatic N) is 3. The number of ether oxygens (including phenoxy) is 1. The number of methoxy groups -OCH3 is 1. The molecule has 0 bridgehead atoms. The van der Waals surface area contributed by atoms with Crippen LogP contribution in [-0.2, 0) is 0 Å². The summed E-state index contributed by atoms with van der Waals surface area (Å²) < 4.78 is 5.34. The molecule has 0 saturated carbocycles. The molecule has 0 aliphatic carbocycles. The van der Waals surface area contributed by atoms with E-state index in [9.17, 15) is 4.79 Å². The Hall–Kier alpha value is -2.67. The standard InChI is InChI=1S/C18H23N5O2/c1-25-14-6-4-5-13(11-14)15(23-9-2-3-10-23)12-22-18(24)16-17(19)21-8-7-20-16/h4-8,11,15H,2-3,9-10,12H2,1H3,(H2,19,21)(H,22,24). The molecule has 1 aromatic heterocycles. The van der Waals surface area contributed by atoms with Gasteiger partial charge in [-0.2, -0.15) is 0 Å². The lowest BCUT2D eigenvalue weighted by Gasteiger charge is -2.28. The van der Waals surface area contributed by atoms with E-state index < -0.39 is 0 Å². The van der Waals surface area contributed by atoms with Gasteiger partial charge in [0.15, 0.2) is 11.5 Å². The molecule has 2 aromatic rings. The number of rotatable bonds is 6. The maximum atomic E-state index is 12.4. The Morgan fingerprint density at radius 1 is 1.32 bits per heavy atom. The topological polar surface area (TPSA) is 93.4 Å². The molecular formula is C18H23N5O2. The van der Waals surface area contributed by atoms with Crippen molar-refractivity contribution in [3.8, 4) is 5.75 Å². The average Bonchev–Trinajstić information content (AvgIpc) is 3.16. The minimum Gasteiger partial charge on any atom is -0.497 e. The molecule has 1 unspecified atom stereocenters. The molecule has 7 nitrogen and oxygen atoms in total. The summed E-state index contributed by atoms with van der Waals surface area (Å²) in [6, 6.07) is 8.06. The molecule has 3 N–H and O–H groups in total. The molecule has 1 atom stereocenters. The fraction of sp³-hybridized carbons (Fsp3) is 0.389. The maximum absolute atomic E-state index is 12.4. The lowest BCUT2D eigenvalue weighted by molar-refractivity contribution is 0.0933. The van der Waals surface area contributed by atoms with Gasteiger partial charge in [0.25, 0.3) is 5.91 Å². The molecule has 0 spiro atoms. The van der Waals surface area contributed by atoms with Crippen LogP contribution >= 0.6 is 0 Å². The van der Waals surface area contributed by atoms with Crippen molar-refractivity contribution in [1.29, 1.82) is 0 Å². The third-order valence-electron chi connectivity index (χ3n) is 4.46. The number of anilines is 1. The zero-order chi connectivity index (χ0) is 17.6. The van der Waals surface area contributed by atoms with E-state index in [1.54, 1.807) is 7.11 Å². The second-order valence-electron chi connectivity index (χ2n) is 6.04. The molecule has 1 fully saturated rings. The predicted octanol–water partition coefficient (Wildman–Crippen LogP) is 1.63. The van der Waals surface area contributed by atoms with E-state index in [0.29, 0.717) is 6.54 Å². The van der Waals surface area contributed by atoms with Gasteiger partial charge in [-0.05, 0) is 43.6 Å². The Balaban J connectivity index is 1.76. The van der Waals surface area contributed by atoms with E-state index in [1.165, 1.54) is 25.2 Å². The van der Waals surface area contributed by atoms with Crippen LogP contribution in [0.1, 0.15) is 34.9 Å². The van der Waals surface area contributed by atoms with Crippen molar-refractivity contribution in [1.82, 2.24) is 20.2 Å². The molecule has 7 heteroatoms. The van der Waals surface area contributed by atoms with Crippen LogP contribution in [0.15, 0.2) is 36.7 Å². The van der Waals surface area contributed by atoms with Gasteiger partial charge in [-0.3, -0.25) is 9.69 Å². The second-order valence-corrected chi connectivity index (χ2v) is 6.04. The van der Waals surface area contributed by atoms with Crippen molar-refractivity contribution in [2.45, 2.75) is 18.9 Å². The Morgan fingerprint density at radius 2 is 2.08 bits per heavy atom. The molecule has 1 aliphatic rings. The van der Waals surface area contributed by atoms with Crippen LogP contribution in [0.4, 0.5) is 5.82 Å². The molecule has 1 amide bonds. The average molecular weight is 341 g/mol. The first-order chi connectivity index (χ1) is 12.2. The van der Waals surface area contributed by atoms with E-state index in [1.807, 2.05) is 18.2 Å². The van der Waals surface area contributed by atoms with E-state index in [4.69, 9.17) is 10.5 Å². The van der Waals surface area contributed by atoms with Crippen LogP contribution in [0.25, 0.3) is 0 Å². The highest BCUT2D eigenvalue weighted by molar-refractivity contribution is 5.96. The van der Waals surface area contributed by atoms with Gasteiger partial charge in [-0.25, -0.2) is 9.97 Å². The van der Waals surface area contributed by atoms with Gasteiger partial charge in [0.1, 0.15) is 5.75 Å². The monoisotopic (exact) mass is 341 g/mol. The highest BCUT2D eigenvalue weighted by atomic mass is 16.5. The van der Waals surface area contributed by atoms with Crippen molar-refractivity contribution in [3.63, 3.8) is 0 Å². The summed E-state index contributed by atoms with van der Waals surface area (Å²) in [4.78, 5) is 22.7. The molecule has 1 aliphatic heterocycles. The van der Waals surface area contributed by atoms with Gasteiger partial charge in [0.05, 0.1) is 13.2 Å². The molecule has 3 rings (SSSR count). The van der Waals surface area contributed by atoms with Crippen molar-refractivity contribution >= 4 is 11.7 Å². The fourth-order valence-corrected chi connectivity index (χ4v) is 3.16. The highest BCUT2D eigenvalue weighted by Gasteiger charge is 2.25. The van der Waals surface area contributed by atoms with Crippen molar-refractivity contribution in [3.05, 3.63) is 47.9 Å². The molecule has 132 valence electrons. The molecule has 1 aromatic carbocycles. The maximum Gasteiger partial charge on any atom is 0.273 e. The van der Waals surface area contributed by atoms with E-state index >= 15 is 0 Å². The first-order valence-electron chi connectivity index (χ1n) is 8.41. The number of carbonyl (C=O) groups excluding carboxylic acids is 1. The Bertz CT molecular complexity index is 731. The number of hydrogen-bond acceptors (Lipinski definition) is 6. The molecule has 0 radical (unpaired) electrons. The highest BCUT2D eigenvalue weighted by Crippen LogP contribution is 2.27. The van der Waals surface area contributed by atoms with E-state index in [0.717, 1.165) is 24.4 Å². The van der Waals surface area contributed by atoms with Crippen LogP contribution < -0.4 is 15.8 Å². The quantitative estimate of drug-likeness (QED) is 0.829. The lowest BCUT2D eigenvalue weighted by atomic mass is 10.0. The SMILES string of the molecule is COc1cccc(C(CNC(=O)c2nccnc2N)N2CCCC2)c1. The van der Waals surface area contributed by atoms with E-state index in [2.05, 4.69) is 26.3 Å². The predicted molar refractivity (Wildman–Crippen MR) is 95.3 cm³/mol. The minimum atomic E-state index is -0.308. The van der Waals surface area contributed by atoms with Gasteiger partial charge in [-0.1, -0.05) is 12.1 Å². The van der Waals surface area contributed by atoms with Gasteiger partial charge < -0.3 is 15.8 Å². The number of nitrogens with one attached hydrogen (secondary N) is 1. The van der Waals surface area contributed by atoms with Gasteiger partial charge in [-0.15, -0.1) is 0 Å². The van der Waals surface area contributed by atoms with Crippen LogP contribution in [-0.4, -0.2) is 47.5 Å². The van der Waals surface area contributed by atoms with Crippen LogP contribution in [0.5, 0.6) is 5.75 Å². The third-order valence-corrected chi connectivity index (χ3v) is 4.46. The minimum absolute atomic E-state index is 0.0828. The summed E-state index contributed by atoms with van der Waals surface area (Å²) in [5.74, 6) is 0.642. The molecular weight excluding hydrogens is 318 g/mol. The molecule has 25 heavy (non-hydrogen) atoms. The number of benzene rings is 1. The number of carbonyl (C=O) groups is 1. The van der Waals surface area contributed by atoms with Gasteiger partial charge in [0, 0.05) is 18.9 Å². The van der Waals surface area contributed by atoms with Crippen LogP contribution in [0.3, 0.4) is 0 Å². The van der Waals surface area contributed by atoms with Crippen LogP contribution in [0, 0.1) is 0 Å². The first-order valence-corrected chi connectivity index (χ1v) is 8.41. The smallest absolute Gasteiger partial charge is 0.273 e. The Morgan fingerprint density at radius 3 is 2.80 bits per heavy atom. The Kier molecular flexibility index (Phi) is 5.45. The van der Waals surface area contributed by atoms with Crippen LogP contribution in [0.2, 0.25) is 0 Å². The molecule has 2 heterocycles. The normalized spacial score (nSPS) is 15.7. The summed E-state index contributed by atoms with van der Waals surface area (Å²) >= 11 is 0. The summed E-state index contributed by atoms with van der Waals surface area (Å²) in [6.45, 7) is 2.51. The summed E-state index contributed by atoms with van der Waals surface area (Å²) in [5, 5.41) is 2.95. The fourth-order valence-electron chi connectivity index (χ4n) is 3.16. The zero-order valence-electron chi connectivity index (χ0n) is 14.3. The number of aromatic nitrogens is 2. The van der Waals surface area contributed by atoms with E-state index in [-0.39, 0.29) is 23.5 Å². The number of likely N-dealkylation sites (tertiary alicyclic amines) is 1. The van der Waals surface area contributed by atoms with Gasteiger partial charge in [0.2, 0.25) is 0 Å². The lowest BCUT2D eigenvalue weighted by Crippen LogP contribution is -2.37. The molecule has 1 saturated heterocycles. The number of amides is 1. The first kappa shape index (κ1) is 17.2. The number of nitrogen functional groups attached to an aromatic ring is 1. The third kappa shape index (κ3) is 4.06. The summed E-state index contributed by atoms with van der Waals surface area (Å²) in [5.41, 5.74) is 7.02. The summed E-state index contributed by atoms with van der Waals surface area (Å²) in [6.07, 6.45) is 5.28. The van der Waals surface area contributed by atoms with Crippen molar-refractivity contribution in [2.24, 2.45) is 0 Å². The largest absolute Gasteiger partial charge is 0.497 e. The second kappa shape index (κ2) is 7.94. The van der Waals surface area contributed by atoms with Crippen molar-refractivity contribution < 1.29 is 9.53 Å². The van der Waals surface area contributed by atoms with Gasteiger partial charge >= 0.3 is 0 Å². The van der Waals surface area contributed by atoms with Crippen molar-refractivity contribution in [2.75, 3.05) is 32.5 Å². The zero-order valence-corrected chi connectivity index (χ0v) is 14.3. The number of nitrogens with two attached hydrogens (primary N) is 1. The Labute approximate surface area is 147 Å². The number of hydrogen-bond donors (Lipinski definition) is 2. The summed E-state index contributed by atoms with van der Waals surface area (Å²) in [7, 11) is 1.66.